The van der Waals surface area contributed by atoms with E-state index in [1.54, 1.807) is 0 Å². The molecule has 0 rings (SSSR count). The largest absolute Gasteiger partial charge is 0.448 e. The number of unbranched alkanes of at least 4 members (excludes halogenated alkanes) is 3. The lowest BCUT2D eigenvalue weighted by atomic mass is 10.2. The number of halogens is 2. The summed E-state index contributed by atoms with van der Waals surface area (Å²) < 4.78 is 9.48. The van der Waals surface area contributed by atoms with Gasteiger partial charge in [0.05, 0.1) is 11.8 Å². The topological polar surface area (TPSA) is 76.7 Å². The number of alkyl halides is 2. The fourth-order valence-corrected chi connectivity index (χ4v) is 1.50. The molecule has 0 spiro atoms. The second kappa shape index (κ2) is 14.5. The Morgan fingerprint density at radius 1 is 0.750 bits per heavy atom. The van der Waals surface area contributed by atoms with Gasteiger partial charge in [-0.2, -0.15) is 0 Å². The third kappa shape index (κ3) is 13.5. The molecule has 8 heteroatoms. The summed E-state index contributed by atoms with van der Waals surface area (Å²) in [5.74, 6) is 0.599. The minimum atomic E-state index is -0.436. The van der Waals surface area contributed by atoms with Crippen LogP contribution in [0.2, 0.25) is 0 Å². The molecule has 0 radical (unpaired) electrons. The van der Waals surface area contributed by atoms with Gasteiger partial charge in [0.2, 0.25) is 0 Å². The van der Waals surface area contributed by atoms with Crippen molar-refractivity contribution in [1.29, 1.82) is 0 Å². The summed E-state index contributed by atoms with van der Waals surface area (Å²) in [5.41, 5.74) is 0. The van der Waals surface area contributed by atoms with Crippen LogP contribution in [0.25, 0.3) is 0 Å². The minimum absolute atomic E-state index is 0.221. The number of carbonyl (C=O) groups excluding carboxylic acids is 2. The number of nitrogens with one attached hydrogen (secondary N) is 2. The molecular weight excluding hydrogens is 307 g/mol. The van der Waals surface area contributed by atoms with Crippen LogP contribution in [-0.4, -0.2) is 50.2 Å². The first kappa shape index (κ1) is 19.1. The van der Waals surface area contributed by atoms with Crippen LogP contribution in [-0.2, 0) is 9.47 Å². The molecule has 20 heavy (non-hydrogen) atoms. The summed E-state index contributed by atoms with van der Waals surface area (Å²) in [6, 6.07) is 0. The van der Waals surface area contributed by atoms with Crippen LogP contribution in [0, 0.1) is 0 Å². The van der Waals surface area contributed by atoms with E-state index in [1.807, 2.05) is 0 Å². The van der Waals surface area contributed by atoms with Crippen LogP contribution >= 0.6 is 23.2 Å². The average molecular weight is 329 g/mol. The Morgan fingerprint density at radius 2 is 1.15 bits per heavy atom. The van der Waals surface area contributed by atoms with E-state index in [1.165, 1.54) is 0 Å². The maximum atomic E-state index is 11.0. The number of rotatable bonds is 11. The molecule has 0 aromatic heterocycles. The van der Waals surface area contributed by atoms with Gasteiger partial charge in [-0.15, -0.1) is 23.2 Å². The molecule has 0 heterocycles. The lowest BCUT2D eigenvalue weighted by Gasteiger charge is -2.06. The summed E-state index contributed by atoms with van der Waals surface area (Å²) in [7, 11) is 0. The molecule has 0 bridgehead atoms. The van der Waals surface area contributed by atoms with E-state index in [-0.39, 0.29) is 13.2 Å². The molecule has 6 nitrogen and oxygen atoms in total. The molecule has 0 unspecified atom stereocenters. The van der Waals surface area contributed by atoms with Gasteiger partial charge >= 0.3 is 12.2 Å². The van der Waals surface area contributed by atoms with Crippen LogP contribution in [0.15, 0.2) is 0 Å². The van der Waals surface area contributed by atoms with E-state index in [0.717, 1.165) is 25.7 Å². The van der Waals surface area contributed by atoms with Crippen molar-refractivity contribution < 1.29 is 19.1 Å². The van der Waals surface area contributed by atoms with E-state index in [9.17, 15) is 9.59 Å². The normalized spacial score (nSPS) is 9.90. The Labute approximate surface area is 129 Å². The number of carbonyl (C=O) groups is 2. The summed E-state index contributed by atoms with van der Waals surface area (Å²) in [5, 5.41) is 5.26. The van der Waals surface area contributed by atoms with Crippen molar-refractivity contribution >= 4 is 35.4 Å². The van der Waals surface area contributed by atoms with Gasteiger partial charge < -0.3 is 20.1 Å². The molecule has 0 fully saturated rings. The van der Waals surface area contributed by atoms with Gasteiger partial charge in [0.25, 0.3) is 0 Å². The standard InChI is InChI=1S/C12H22Cl2N2O4/c13-5-9-19-11(17)15-7-3-1-2-4-8-16-12(18)20-10-6-14/h1-10H2,(H,15,17)(H,16,18). The zero-order valence-corrected chi connectivity index (χ0v) is 13.0. The first-order valence-electron chi connectivity index (χ1n) is 6.64. The Morgan fingerprint density at radius 3 is 1.50 bits per heavy atom. The van der Waals surface area contributed by atoms with Crippen LogP contribution in [0.4, 0.5) is 9.59 Å². The number of hydrogen-bond donors (Lipinski definition) is 2. The second-order valence-corrected chi connectivity index (χ2v) is 4.67. The highest BCUT2D eigenvalue weighted by Gasteiger charge is 2.01. The predicted molar refractivity (Wildman–Crippen MR) is 78.6 cm³/mol. The molecule has 0 saturated heterocycles. The molecule has 0 saturated carbocycles. The van der Waals surface area contributed by atoms with E-state index >= 15 is 0 Å². The molecular formula is C12H22Cl2N2O4. The highest BCUT2D eigenvalue weighted by atomic mass is 35.5. The molecule has 0 aromatic carbocycles. The van der Waals surface area contributed by atoms with Crippen molar-refractivity contribution in [2.75, 3.05) is 38.1 Å². The summed E-state index contributed by atoms with van der Waals surface area (Å²) in [6.07, 6.45) is 2.80. The van der Waals surface area contributed by atoms with Crippen LogP contribution in [0.5, 0.6) is 0 Å². The fourth-order valence-electron chi connectivity index (χ4n) is 1.35. The predicted octanol–water partition coefficient (Wildman–Crippen LogP) is 2.48. The summed E-state index contributed by atoms with van der Waals surface area (Å²) in [6.45, 7) is 1.59. The quantitative estimate of drug-likeness (QED) is 0.451. The first-order valence-corrected chi connectivity index (χ1v) is 7.70. The van der Waals surface area contributed by atoms with Crippen molar-refractivity contribution in [2.45, 2.75) is 25.7 Å². The molecule has 0 aliphatic carbocycles. The molecule has 2 amide bonds. The van der Waals surface area contributed by atoms with Crippen molar-refractivity contribution in [3.63, 3.8) is 0 Å². The fraction of sp³-hybridized carbons (Fsp3) is 0.833. The molecule has 2 N–H and O–H groups in total. The third-order valence-corrected chi connectivity index (χ3v) is 2.57. The molecule has 0 aliphatic rings. The van der Waals surface area contributed by atoms with Gasteiger partial charge in [-0.25, -0.2) is 9.59 Å². The van der Waals surface area contributed by atoms with Crippen LogP contribution in [0.1, 0.15) is 25.7 Å². The van der Waals surface area contributed by atoms with Crippen molar-refractivity contribution in [3.8, 4) is 0 Å². The van der Waals surface area contributed by atoms with E-state index in [0.29, 0.717) is 24.8 Å². The number of hydrogen-bond acceptors (Lipinski definition) is 4. The summed E-state index contributed by atoms with van der Waals surface area (Å²) >= 11 is 10.8. The van der Waals surface area contributed by atoms with Gasteiger partial charge in [-0.1, -0.05) is 12.8 Å². The van der Waals surface area contributed by atoms with E-state index in [2.05, 4.69) is 10.6 Å². The van der Waals surface area contributed by atoms with Crippen LogP contribution in [0.3, 0.4) is 0 Å². The van der Waals surface area contributed by atoms with Crippen molar-refractivity contribution in [2.24, 2.45) is 0 Å². The van der Waals surface area contributed by atoms with Gasteiger partial charge in [-0.3, -0.25) is 0 Å². The zero-order valence-electron chi connectivity index (χ0n) is 11.5. The van der Waals surface area contributed by atoms with Crippen LogP contribution < -0.4 is 10.6 Å². The number of ether oxygens (including phenoxy) is 2. The second-order valence-electron chi connectivity index (χ2n) is 3.92. The summed E-state index contributed by atoms with van der Waals surface area (Å²) in [4.78, 5) is 22.1. The molecule has 0 aromatic rings. The molecule has 0 aliphatic heterocycles. The van der Waals surface area contributed by atoms with Gasteiger partial charge in [0.1, 0.15) is 13.2 Å². The zero-order chi connectivity index (χ0) is 15.1. The lowest BCUT2D eigenvalue weighted by Crippen LogP contribution is -2.26. The SMILES string of the molecule is O=C(NCCCCCCNC(=O)OCCCl)OCCCl. The highest BCUT2D eigenvalue weighted by molar-refractivity contribution is 6.18. The van der Waals surface area contributed by atoms with E-state index in [4.69, 9.17) is 32.7 Å². The average Bonchev–Trinajstić information content (AvgIpc) is 2.45. The Kier molecular flexibility index (Phi) is 13.9. The minimum Gasteiger partial charge on any atom is -0.448 e. The number of alkyl carbamates (subject to hydrolysis) is 2. The smallest absolute Gasteiger partial charge is 0.407 e. The maximum absolute atomic E-state index is 11.0. The van der Waals surface area contributed by atoms with Crippen molar-refractivity contribution in [3.05, 3.63) is 0 Å². The monoisotopic (exact) mass is 328 g/mol. The Balaban J connectivity index is 3.20. The first-order chi connectivity index (χ1) is 9.70. The maximum Gasteiger partial charge on any atom is 0.407 e. The number of amides is 2. The van der Waals surface area contributed by atoms with Gasteiger partial charge in [0.15, 0.2) is 0 Å². The van der Waals surface area contributed by atoms with Crippen molar-refractivity contribution in [1.82, 2.24) is 10.6 Å². The highest BCUT2D eigenvalue weighted by Crippen LogP contribution is 1.98. The molecule has 118 valence electrons. The van der Waals surface area contributed by atoms with E-state index < -0.39 is 12.2 Å². The van der Waals surface area contributed by atoms with Gasteiger partial charge in [0, 0.05) is 13.1 Å². The lowest BCUT2D eigenvalue weighted by molar-refractivity contribution is 0.151. The Bertz CT molecular complexity index is 242. The third-order valence-electron chi connectivity index (χ3n) is 2.26. The van der Waals surface area contributed by atoms with Gasteiger partial charge in [-0.05, 0) is 12.8 Å². The molecule has 0 atom stereocenters. The Hall–Kier alpha value is -0.880.